The zero-order valence-corrected chi connectivity index (χ0v) is 21.0. The highest BCUT2D eigenvalue weighted by molar-refractivity contribution is 14.1. The zero-order chi connectivity index (χ0) is 23.5. The first-order chi connectivity index (χ1) is 16.7. The van der Waals surface area contributed by atoms with Crippen LogP contribution < -0.4 is 10.6 Å². The van der Waals surface area contributed by atoms with Gasteiger partial charge in [0.05, 0.1) is 6.33 Å². The van der Waals surface area contributed by atoms with Gasteiger partial charge in [0.2, 0.25) is 0 Å². The van der Waals surface area contributed by atoms with Gasteiger partial charge in [-0.25, -0.2) is 15.0 Å². The maximum Gasteiger partial charge on any atom is 0.251 e. The summed E-state index contributed by atoms with van der Waals surface area (Å²) < 4.78 is 21.5. The average molecular weight is 578 g/mol. The monoisotopic (exact) mass is 578 g/mol. The molecule has 1 aromatic carbocycles. The van der Waals surface area contributed by atoms with Gasteiger partial charge in [0.15, 0.2) is 29.3 Å². The molecule has 0 aliphatic carbocycles. The number of hydrogen-bond donors (Lipinski definition) is 2. The SMILES string of the molecule is CNC(=O)[C@H]1O[C@@H](n2cnc3c(NCc4cccc(I)c4)ncnc32)[C@@H]2OCCCCCO[C@@H]21. The third-order valence-corrected chi connectivity index (χ3v) is 6.76. The largest absolute Gasteiger partial charge is 0.372 e. The molecule has 4 heterocycles. The summed E-state index contributed by atoms with van der Waals surface area (Å²) in [5.74, 6) is 0.394. The summed E-state index contributed by atoms with van der Waals surface area (Å²) in [5.41, 5.74) is 2.37. The van der Waals surface area contributed by atoms with Crippen LogP contribution in [0.5, 0.6) is 0 Å². The number of nitrogens with one attached hydrogen (secondary N) is 2. The summed E-state index contributed by atoms with van der Waals surface area (Å²) in [6, 6.07) is 8.26. The van der Waals surface area contributed by atoms with Crippen LogP contribution in [0.15, 0.2) is 36.9 Å². The van der Waals surface area contributed by atoms with Crippen molar-refractivity contribution in [1.82, 2.24) is 24.8 Å². The molecule has 2 fully saturated rings. The maximum atomic E-state index is 12.6. The van der Waals surface area contributed by atoms with Crippen molar-refractivity contribution in [2.24, 2.45) is 0 Å². The van der Waals surface area contributed by atoms with Gasteiger partial charge in [0.25, 0.3) is 5.91 Å². The second-order valence-electron chi connectivity index (χ2n) is 8.32. The Morgan fingerprint density at radius 1 is 1.15 bits per heavy atom. The molecule has 5 rings (SSSR count). The molecule has 2 saturated heterocycles. The lowest BCUT2D eigenvalue weighted by atomic mass is 10.1. The van der Waals surface area contributed by atoms with E-state index in [-0.39, 0.29) is 5.91 Å². The standard InChI is InChI=1S/C23H27IN6O4/c1-25-22(31)18-17-19(33-9-4-2-3-8-32-17)23(34-18)30-13-29-16-20(27-12-28-21(16)30)26-11-14-6-5-7-15(24)10-14/h5-7,10,12-13,17-19,23H,2-4,8-9,11H2,1H3,(H,25,31)(H,26,27,28)/t17-,18+,19-,23-/m1/s1. The summed E-state index contributed by atoms with van der Waals surface area (Å²) in [4.78, 5) is 26.1. The Bertz CT molecular complexity index is 1160. The van der Waals surface area contributed by atoms with Gasteiger partial charge >= 0.3 is 0 Å². The Kier molecular flexibility index (Phi) is 7.23. The lowest BCUT2D eigenvalue weighted by molar-refractivity contribution is -0.139. The van der Waals surface area contributed by atoms with Crippen LogP contribution in [0.1, 0.15) is 31.1 Å². The molecule has 0 saturated carbocycles. The summed E-state index contributed by atoms with van der Waals surface area (Å²) in [6.45, 7) is 1.75. The summed E-state index contributed by atoms with van der Waals surface area (Å²) in [5, 5.41) is 6.04. The van der Waals surface area contributed by atoms with Crippen LogP contribution >= 0.6 is 22.6 Å². The molecule has 2 aromatic heterocycles. The number of fused-ring (bicyclic) bond motifs is 2. The summed E-state index contributed by atoms with van der Waals surface area (Å²) in [7, 11) is 1.59. The number of benzene rings is 1. The van der Waals surface area contributed by atoms with Crippen LogP contribution in [-0.2, 0) is 25.5 Å². The molecule has 11 heteroatoms. The summed E-state index contributed by atoms with van der Waals surface area (Å²) in [6.07, 6.45) is 3.69. The molecular weight excluding hydrogens is 551 g/mol. The van der Waals surface area contributed by atoms with Crippen molar-refractivity contribution in [2.45, 2.75) is 50.3 Å². The number of halogens is 1. The van der Waals surface area contributed by atoms with E-state index in [2.05, 4.69) is 66.4 Å². The van der Waals surface area contributed by atoms with E-state index in [1.807, 2.05) is 10.6 Å². The van der Waals surface area contributed by atoms with Crippen molar-refractivity contribution >= 4 is 45.5 Å². The zero-order valence-electron chi connectivity index (χ0n) is 18.8. The molecule has 0 bridgehead atoms. The fourth-order valence-corrected chi connectivity index (χ4v) is 5.00. The van der Waals surface area contributed by atoms with Crippen LogP contribution in [0, 0.1) is 3.57 Å². The van der Waals surface area contributed by atoms with Crippen LogP contribution in [-0.4, -0.2) is 64.0 Å². The lowest BCUT2D eigenvalue weighted by Crippen LogP contribution is -2.44. The van der Waals surface area contributed by atoms with E-state index in [1.54, 1.807) is 13.4 Å². The number of carbonyl (C=O) groups excluding carboxylic acids is 1. The van der Waals surface area contributed by atoms with E-state index in [0.29, 0.717) is 36.7 Å². The smallest absolute Gasteiger partial charge is 0.251 e. The molecule has 0 spiro atoms. The molecular formula is C23H27IN6O4. The van der Waals surface area contributed by atoms with Crippen molar-refractivity contribution in [3.63, 3.8) is 0 Å². The molecule has 2 aliphatic rings. The van der Waals surface area contributed by atoms with Crippen LogP contribution in [0.25, 0.3) is 11.2 Å². The van der Waals surface area contributed by atoms with Crippen LogP contribution in [0.3, 0.4) is 0 Å². The number of rotatable bonds is 5. The molecule has 1 amide bonds. The third kappa shape index (κ3) is 4.74. The fraction of sp³-hybridized carbons (Fsp3) is 0.478. The second kappa shape index (κ2) is 10.5. The van der Waals surface area contributed by atoms with E-state index in [0.717, 1.165) is 24.8 Å². The fourth-order valence-electron chi connectivity index (χ4n) is 4.40. The predicted molar refractivity (Wildman–Crippen MR) is 133 cm³/mol. The van der Waals surface area contributed by atoms with E-state index in [1.165, 1.54) is 9.90 Å². The Morgan fingerprint density at radius 3 is 2.76 bits per heavy atom. The van der Waals surface area contributed by atoms with Crippen molar-refractivity contribution in [2.75, 3.05) is 25.6 Å². The highest BCUT2D eigenvalue weighted by atomic mass is 127. The molecule has 3 aromatic rings. The first-order valence-corrected chi connectivity index (χ1v) is 12.5. The van der Waals surface area contributed by atoms with E-state index in [9.17, 15) is 4.79 Å². The number of imidazole rings is 1. The number of hydrogen-bond acceptors (Lipinski definition) is 8. The van der Waals surface area contributed by atoms with E-state index < -0.39 is 24.5 Å². The van der Waals surface area contributed by atoms with E-state index in [4.69, 9.17) is 14.2 Å². The Morgan fingerprint density at radius 2 is 1.97 bits per heavy atom. The molecule has 2 N–H and O–H groups in total. The van der Waals surface area contributed by atoms with Crippen molar-refractivity contribution in [3.8, 4) is 0 Å². The number of likely N-dealkylation sites (N-methyl/N-ethyl adjacent to an activating group) is 1. The number of ether oxygens (including phenoxy) is 3. The predicted octanol–water partition coefficient (Wildman–Crippen LogP) is 2.64. The number of nitrogens with zero attached hydrogens (tertiary/aromatic N) is 4. The van der Waals surface area contributed by atoms with Crippen LogP contribution in [0.2, 0.25) is 0 Å². The maximum absolute atomic E-state index is 12.6. The molecule has 2 aliphatic heterocycles. The molecule has 34 heavy (non-hydrogen) atoms. The van der Waals surface area contributed by atoms with Gasteiger partial charge < -0.3 is 24.8 Å². The van der Waals surface area contributed by atoms with Crippen molar-refractivity contribution in [3.05, 3.63) is 46.1 Å². The molecule has 0 unspecified atom stereocenters. The Balaban J connectivity index is 1.44. The normalized spacial score (nSPS) is 25.2. The number of carbonyl (C=O) groups is 1. The Hall–Kier alpha value is -2.35. The molecule has 10 nitrogen and oxygen atoms in total. The van der Waals surface area contributed by atoms with Gasteiger partial charge in [-0.15, -0.1) is 0 Å². The average Bonchev–Trinajstić information content (AvgIpc) is 3.45. The third-order valence-electron chi connectivity index (χ3n) is 6.09. The van der Waals surface area contributed by atoms with Crippen molar-refractivity contribution < 1.29 is 19.0 Å². The topological polar surface area (TPSA) is 112 Å². The first-order valence-electron chi connectivity index (χ1n) is 11.4. The van der Waals surface area contributed by atoms with E-state index >= 15 is 0 Å². The number of amides is 1. The summed E-state index contributed by atoms with van der Waals surface area (Å²) >= 11 is 2.30. The van der Waals surface area contributed by atoms with Gasteiger partial charge in [-0.3, -0.25) is 9.36 Å². The number of anilines is 1. The lowest BCUT2D eigenvalue weighted by Gasteiger charge is -2.24. The number of aromatic nitrogens is 4. The molecule has 0 radical (unpaired) electrons. The molecule has 180 valence electrons. The highest BCUT2D eigenvalue weighted by Crippen LogP contribution is 2.36. The van der Waals surface area contributed by atoms with Gasteiger partial charge in [-0.1, -0.05) is 12.1 Å². The van der Waals surface area contributed by atoms with Gasteiger partial charge in [-0.05, 0) is 59.5 Å². The quantitative estimate of drug-likeness (QED) is 0.445. The van der Waals surface area contributed by atoms with Crippen molar-refractivity contribution in [1.29, 1.82) is 0 Å². The minimum atomic E-state index is -0.782. The minimum absolute atomic E-state index is 0.237. The minimum Gasteiger partial charge on any atom is -0.372 e. The first kappa shape index (κ1) is 23.4. The van der Waals surface area contributed by atoms with Crippen LogP contribution in [0.4, 0.5) is 5.82 Å². The van der Waals surface area contributed by atoms with Gasteiger partial charge in [-0.2, -0.15) is 0 Å². The Labute approximate surface area is 210 Å². The van der Waals surface area contributed by atoms with Gasteiger partial charge in [0, 0.05) is 30.4 Å². The molecule has 4 atom stereocenters. The highest BCUT2D eigenvalue weighted by Gasteiger charge is 2.50. The van der Waals surface area contributed by atoms with Gasteiger partial charge in [0.1, 0.15) is 18.5 Å². The second-order valence-corrected chi connectivity index (χ2v) is 9.57.